The average Bonchev–Trinajstić information content (AvgIpc) is 2.63. The van der Waals surface area contributed by atoms with Crippen molar-refractivity contribution in [3.63, 3.8) is 0 Å². The van der Waals surface area contributed by atoms with Gasteiger partial charge in [-0.25, -0.2) is 0 Å². The van der Waals surface area contributed by atoms with Gasteiger partial charge in [-0.15, -0.1) is 0 Å². The number of carbonyl (C=O) groups excluding carboxylic acids is 2. The molecule has 124 valence electrons. The number of morpholine rings is 1. The molecular formula is C18H24N2O3. The molecule has 0 N–H and O–H groups in total. The summed E-state index contributed by atoms with van der Waals surface area (Å²) in [6, 6.07) is 9.82. The molecule has 5 heteroatoms. The van der Waals surface area contributed by atoms with Crippen molar-refractivity contribution in [2.24, 2.45) is 5.92 Å². The molecule has 0 aliphatic carbocycles. The summed E-state index contributed by atoms with van der Waals surface area (Å²) in [7, 11) is 0. The second kappa shape index (κ2) is 7.59. The molecule has 1 aromatic carbocycles. The summed E-state index contributed by atoms with van der Waals surface area (Å²) in [5.74, 6) is 0.464. The van der Waals surface area contributed by atoms with E-state index in [9.17, 15) is 9.59 Å². The third kappa shape index (κ3) is 4.10. The number of amides is 2. The number of hydrogen-bond donors (Lipinski definition) is 0. The van der Waals surface area contributed by atoms with Crippen molar-refractivity contribution >= 4 is 11.8 Å². The minimum atomic E-state index is 0.0638. The lowest BCUT2D eigenvalue weighted by molar-refractivity contribution is -0.143. The summed E-state index contributed by atoms with van der Waals surface area (Å²) in [5, 5.41) is 0. The fraction of sp³-hybridized carbons (Fsp3) is 0.556. The lowest BCUT2D eigenvalue weighted by Crippen LogP contribution is -2.47. The van der Waals surface area contributed by atoms with Crippen LogP contribution in [0.25, 0.3) is 0 Å². The predicted octanol–water partition coefficient (Wildman–Crippen LogP) is 1.33. The third-order valence-corrected chi connectivity index (χ3v) is 4.72. The molecule has 0 unspecified atom stereocenters. The SMILES string of the molecule is O=C(Cc1ccccc1)N1CCC(C(=O)N2CCOCC2)CC1. The predicted molar refractivity (Wildman–Crippen MR) is 86.8 cm³/mol. The fourth-order valence-electron chi connectivity index (χ4n) is 3.30. The highest BCUT2D eigenvalue weighted by molar-refractivity contribution is 5.81. The molecule has 3 rings (SSSR count). The monoisotopic (exact) mass is 316 g/mol. The molecule has 2 amide bonds. The van der Waals surface area contributed by atoms with E-state index in [0.29, 0.717) is 45.8 Å². The Morgan fingerprint density at radius 1 is 0.957 bits per heavy atom. The van der Waals surface area contributed by atoms with Crippen LogP contribution >= 0.6 is 0 Å². The highest BCUT2D eigenvalue weighted by Gasteiger charge is 2.30. The second-order valence-electron chi connectivity index (χ2n) is 6.26. The fourth-order valence-corrected chi connectivity index (χ4v) is 3.30. The Morgan fingerprint density at radius 2 is 1.61 bits per heavy atom. The van der Waals surface area contributed by atoms with E-state index < -0.39 is 0 Å². The molecule has 5 nitrogen and oxygen atoms in total. The van der Waals surface area contributed by atoms with Gasteiger partial charge in [-0.3, -0.25) is 9.59 Å². The van der Waals surface area contributed by atoms with E-state index in [2.05, 4.69) is 0 Å². The van der Waals surface area contributed by atoms with Gasteiger partial charge in [0, 0.05) is 32.1 Å². The first-order chi connectivity index (χ1) is 11.2. The van der Waals surface area contributed by atoms with Crippen molar-refractivity contribution in [2.75, 3.05) is 39.4 Å². The Bertz CT molecular complexity index is 532. The number of piperidine rings is 1. The minimum absolute atomic E-state index is 0.0638. The minimum Gasteiger partial charge on any atom is -0.378 e. The van der Waals surface area contributed by atoms with Crippen molar-refractivity contribution in [1.82, 2.24) is 9.80 Å². The van der Waals surface area contributed by atoms with E-state index in [1.807, 2.05) is 40.1 Å². The van der Waals surface area contributed by atoms with Crippen LogP contribution in [0.1, 0.15) is 18.4 Å². The highest BCUT2D eigenvalue weighted by atomic mass is 16.5. The quantitative estimate of drug-likeness (QED) is 0.845. The number of carbonyl (C=O) groups is 2. The third-order valence-electron chi connectivity index (χ3n) is 4.72. The van der Waals surface area contributed by atoms with Crippen LogP contribution in [0.4, 0.5) is 0 Å². The molecule has 2 saturated heterocycles. The number of likely N-dealkylation sites (tertiary alicyclic amines) is 1. The molecular weight excluding hydrogens is 292 g/mol. The lowest BCUT2D eigenvalue weighted by Gasteiger charge is -2.35. The van der Waals surface area contributed by atoms with Crippen molar-refractivity contribution < 1.29 is 14.3 Å². The maximum Gasteiger partial charge on any atom is 0.226 e. The van der Waals surface area contributed by atoms with Crippen molar-refractivity contribution in [1.29, 1.82) is 0 Å². The Morgan fingerprint density at radius 3 is 2.26 bits per heavy atom. The smallest absolute Gasteiger partial charge is 0.226 e. The molecule has 0 atom stereocenters. The van der Waals surface area contributed by atoms with Crippen LogP contribution in [-0.4, -0.2) is 61.0 Å². The first-order valence-corrected chi connectivity index (χ1v) is 8.42. The van der Waals surface area contributed by atoms with Gasteiger partial charge in [0.25, 0.3) is 0 Å². The number of benzene rings is 1. The molecule has 0 aromatic heterocycles. The number of ether oxygens (including phenoxy) is 1. The molecule has 1 aromatic rings. The lowest BCUT2D eigenvalue weighted by atomic mass is 9.94. The van der Waals surface area contributed by atoms with Crippen LogP contribution in [0.2, 0.25) is 0 Å². The van der Waals surface area contributed by atoms with Gasteiger partial charge in [0.1, 0.15) is 0 Å². The molecule has 2 heterocycles. The molecule has 2 aliphatic rings. The average molecular weight is 316 g/mol. The first kappa shape index (κ1) is 16.0. The Labute approximate surface area is 137 Å². The van der Waals surface area contributed by atoms with E-state index in [1.165, 1.54) is 0 Å². The maximum atomic E-state index is 12.5. The van der Waals surface area contributed by atoms with E-state index in [-0.39, 0.29) is 17.7 Å². The number of nitrogens with zero attached hydrogens (tertiary/aromatic N) is 2. The van der Waals surface area contributed by atoms with Crippen LogP contribution < -0.4 is 0 Å². The molecule has 0 spiro atoms. The van der Waals surface area contributed by atoms with Gasteiger partial charge in [0.15, 0.2) is 0 Å². The van der Waals surface area contributed by atoms with E-state index in [1.54, 1.807) is 0 Å². The zero-order chi connectivity index (χ0) is 16.1. The van der Waals surface area contributed by atoms with Gasteiger partial charge >= 0.3 is 0 Å². The van der Waals surface area contributed by atoms with Gasteiger partial charge in [-0.05, 0) is 18.4 Å². The molecule has 23 heavy (non-hydrogen) atoms. The Hall–Kier alpha value is -1.88. The van der Waals surface area contributed by atoms with Crippen LogP contribution in [0.3, 0.4) is 0 Å². The van der Waals surface area contributed by atoms with Crippen LogP contribution in [-0.2, 0) is 20.7 Å². The van der Waals surface area contributed by atoms with Crippen molar-refractivity contribution in [2.45, 2.75) is 19.3 Å². The molecule has 0 saturated carbocycles. The van der Waals surface area contributed by atoms with E-state index in [0.717, 1.165) is 18.4 Å². The van der Waals surface area contributed by atoms with Crippen LogP contribution in [0, 0.1) is 5.92 Å². The number of hydrogen-bond acceptors (Lipinski definition) is 3. The topological polar surface area (TPSA) is 49.9 Å². The van der Waals surface area contributed by atoms with Crippen molar-refractivity contribution in [3.8, 4) is 0 Å². The van der Waals surface area contributed by atoms with Gasteiger partial charge < -0.3 is 14.5 Å². The summed E-state index contributed by atoms with van der Waals surface area (Å²) >= 11 is 0. The van der Waals surface area contributed by atoms with Crippen molar-refractivity contribution in [3.05, 3.63) is 35.9 Å². The van der Waals surface area contributed by atoms with Gasteiger partial charge in [0.05, 0.1) is 19.6 Å². The molecule has 2 aliphatic heterocycles. The zero-order valence-corrected chi connectivity index (χ0v) is 13.4. The number of rotatable bonds is 3. The van der Waals surface area contributed by atoms with Gasteiger partial charge in [0.2, 0.25) is 11.8 Å². The largest absolute Gasteiger partial charge is 0.378 e. The zero-order valence-electron chi connectivity index (χ0n) is 13.4. The normalized spacial score (nSPS) is 19.7. The summed E-state index contributed by atoms with van der Waals surface area (Å²) in [6.07, 6.45) is 2.00. The second-order valence-corrected chi connectivity index (χ2v) is 6.26. The summed E-state index contributed by atoms with van der Waals surface area (Å²) in [6.45, 7) is 4.05. The van der Waals surface area contributed by atoms with Gasteiger partial charge in [-0.1, -0.05) is 30.3 Å². The summed E-state index contributed by atoms with van der Waals surface area (Å²) in [5.41, 5.74) is 1.05. The standard InChI is InChI=1S/C18H24N2O3/c21-17(14-15-4-2-1-3-5-15)19-8-6-16(7-9-19)18(22)20-10-12-23-13-11-20/h1-5,16H,6-14H2. The van der Waals surface area contributed by atoms with E-state index >= 15 is 0 Å². The summed E-state index contributed by atoms with van der Waals surface area (Å²) < 4.78 is 5.30. The Balaban J connectivity index is 1.48. The first-order valence-electron chi connectivity index (χ1n) is 8.42. The molecule has 2 fully saturated rings. The van der Waals surface area contributed by atoms with Gasteiger partial charge in [-0.2, -0.15) is 0 Å². The van der Waals surface area contributed by atoms with Crippen LogP contribution in [0.5, 0.6) is 0 Å². The van der Waals surface area contributed by atoms with Crippen LogP contribution in [0.15, 0.2) is 30.3 Å². The Kier molecular flexibility index (Phi) is 5.28. The maximum absolute atomic E-state index is 12.5. The van der Waals surface area contributed by atoms with E-state index in [4.69, 9.17) is 4.74 Å². The summed E-state index contributed by atoms with van der Waals surface area (Å²) in [4.78, 5) is 28.7. The molecule has 0 radical (unpaired) electrons. The molecule has 0 bridgehead atoms. The highest BCUT2D eigenvalue weighted by Crippen LogP contribution is 2.21.